The highest BCUT2D eigenvalue weighted by Gasteiger charge is 2.17. The van der Waals surface area contributed by atoms with Crippen LogP contribution in [0.5, 0.6) is 0 Å². The summed E-state index contributed by atoms with van der Waals surface area (Å²) in [5.74, 6) is 0. The molecule has 0 spiro atoms. The Morgan fingerprint density at radius 1 is 1.50 bits per heavy atom. The largest absolute Gasteiger partial charge is 0.330 e. The van der Waals surface area contributed by atoms with Crippen LogP contribution < -0.4 is 5.73 Å². The van der Waals surface area contributed by atoms with Crippen LogP contribution in [0.3, 0.4) is 0 Å². The van der Waals surface area contributed by atoms with E-state index in [-0.39, 0.29) is 0 Å². The zero-order chi connectivity index (χ0) is 9.03. The molecule has 12 heavy (non-hydrogen) atoms. The topological polar surface area (TPSA) is 26.0 Å². The van der Waals surface area contributed by atoms with Gasteiger partial charge in [-0.05, 0) is 47.2 Å². The Labute approximate surface area is 78.6 Å². The number of nitrogens with two attached hydrogens (primary N) is 1. The Balaban J connectivity index is 2.50. The van der Waals surface area contributed by atoms with Crippen LogP contribution in [-0.2, 0) is 6.42 Å². The smallest absolute Gasteiger partial charge is 0.00611 e. The third-order valence-electron chi connectivity index (χ3n) is 2.08. The predicted molar refractivity (Wildman–Crippen MR) is 55.5 cm³/mol. The van der Waals surface area contributed by atoms with E-state index in [0.29, 0.717) is 5.41 Å². The Kier molecular flexibility index (Phi) is 3.29. The standard InChI is InChI=1S/C10H17NS/c1-10(2,4-5-11)7-9-3-6-12-8-9/h3,6,8H,4-5,7,11H2,1-2H3. The molecule has 0 saturated carbocycles. The van der Waals surface area contributed by atoms with E-state index in [1.165, 1.54) is 5.56 Å². The van der Waals surface area contributed by atoms with Gasteiger partial charge in [0.15, 0.2) is 0 Å². The summed E-state index contributed by atoms with van der Waals surface area (Å²) in [6.45, 7) is 5.34. The molecule has 0 bridgehead atoms. The third-order valence-corrected chi connectivity index (χ3v) is 2.82. The summed E-state index contributed by atoms with van der Waals surface area (Å²) >= 11 is 1.77. The lowest BCUT2D eigenvalue weighted by molar-refractivity contribution is 0.339. The molecule has 1 aromatic heterocycles. The van der Waals surface area contributed by atoms with E-state index >= 15 is 0 Å². The molecule has 1 nitrogen and oxygen atoms in total. The molecule has 0 aliphatic carbocycles. The summed E-state index contributed by atoms with van der Waals surface area (Å²) in [5, 5.41) is 4.35. The Hall–Kier alpha value is -0.340. The van der Waals surface area contributed by atoms with Crippen molar-refractivity contribution in [1.29, 1.82) is 0 Å². The van der Waals surface area contributed by atoms with Gasteiger partial charge in [-0.15, -0.1) is 0 Å². The van der Waals surface area contributed by atoms with E-state index in [4.69, 9.17) is 5.73 Å². The average Bonchev–Trinajstić information content (AvgIpc) is 2.38. The average molecular weight is 183 g/mol. The quantitative estimate of drug-likeness (QED) is 0.763. The number of hydrogen-bond donors (Lipinski definition) is 1. The summed E-state index contributed by atoms with van der Waals surface area (Å²) in [4.78, 5) is 0. The van der Waals surface area contributed by atoms with Gasteiger partial charge in [0, 0.05) is 0 Å². The monoisotopic (exact) mass is 183 g/mol. The van der Waals surface area contributed by atoms with Crippen LogP contribution in [0.25, 0.3) is 0 Å². The molecule has 68 valence electrons. The first-order chi connectivity index (χ1) is 5.64. The maximum atomic E-state index is 5.55. The summed E-state index contributed by atoms with van der Waals surface area (Å²) in [5.41, 5.74) is 7.35. The highest BCUT2D eigenvalue weighted by Crippen LogP contribution is 2.25. The lowest BCUT2D eigenvalue weighted by Gasteiger charge is -2.22. The predicted octanol–water partition coefficient (Wildman–Crippen LogP) is 2.67. The first-order valence-corrected chi connectivity index (χ1v) is 5.29. The fraction of sp³-hybridized carbons (Fsp3) is 0.600. The van der Waals surface area contributed by atoms with Crippen LogP contribution in [0.15, 0.2) is 16.8 Å². The van der Waals surface area contributed by atoms with Gasteiger partial charge in [-0.25, -0.2) is 0 Å². The summed E-state index contributed by atoms with van der Waals surface area (Å²) in [6.07, 6.45) is 2.25. The van der Waals surface area contributed by atoms with Gasteiger partial charge < -0.3 is 5.73 Å². The fourth-order valence-corrected chi connectivity index (χ4v) is 2.09. The van der Waals surface area contributed by atoms with E-state index in [1.807, 2.05) is 0 Å². The highest BCUT2D eigenvalue weighted by molar-refractivity contribution is 7.07. The van der Waals surface area contributed by atoms with Crippen molar-refractivity contribution in [2.75, 3.05) is 6.54 Å². The number of rotatable bonds is 4. The van der Waals surface area contributed by atoms with E-state index in [0.717, 1.165) is 19.4 Å². The molecule has 0 aliphatic heterocycles. The molecule has 2 N–H and O–H groups in total. The normalized spacial score (nSPS) is 11.9. The van der Waals surface area contributed by atoms with Crippen molar-refractivity contribution in [1.82, 2.24) is 0 Å². The first-order valence-electron chi connectivity index (χ1n) is 4.35. The van der Waals surface area contributed by atoms with Gasteiger partial charge in [-0.1, -0.05) is 13.8 Å². The third kappa shape index (κ3) is 2.95. The molecule has 0 amide bonds. The van der Waals surface area contributed by atoms with E-state index in [9.17, 15) is 0 Å². The molecule has 0 saturated heterocycles. The van der Waals surface area contributed by atoms with Crippen LogP contribution >= 0.6 is 11.3 Å². The Morgan fingerprint density at radius 3 is 2.75 bits per heavy atom. The zero-order valence-electron chi connectivity index (χ0n) is 7.84. The summed E-state index contributed by atoms with van der Waals surface area (Å²) < 4.78 is 0. The summed E-state index contributed by atoms with van der Waals surface area (Å²) in [6, 6.07) is 2.20. The molecule has 2 heteroatoms. The van der Waals surface area contributed by atoms with Gasteiger partial charge in [-0.2, -0.15) is 11.3 Å². The van der Waals surface area contributed by atoms with Gasteiger partial charge in [0.05, 0.1) is 0 Å². The van der Waals surface area contributed by atoms with Crippen LogP contribution in [0.2, 0.25) is 0 Å². The van der Waals surface area contributed by atoms with Crippen molar-refractivity contribution in [2.24, 2.45) is 11.1 Å². The molecule has 1 aromatic rings. The molecule has 1 heterocycles. The van der Waals surface area contributed by atoms with Crippen LogP contribution in [0.1, 0.15) is 25.8 Å². The molecular weight excluding hydrogens is 166 g/mol. The molecule has 0 unspecified atom stereocenters. The fourth-order valence-electron chi connectivity index (χ4n) is 1.42. The Morgan fingerprint density at radius 2 is 2.25 bits per heavy atom. The van der Waals surface area contributed by atoms with E-state index < -0.39 is 0 Å². The molecule has 0 atom stereocenters. The molecular formula is C10H17NS. The van der Waals surface area contributed by atoms with E-state index in [1.54, 1.807) is 11.3 Å². The van der Waals surface area contributed by atoms with Crippen molar-refractivity contribution >= 4 is 11.3 Å². The van der Waals surface area contributed by atoms with Gasteiger partial charge in [0.2, 0.25) is 0 Å². The van der Waals surface area contributed by atoms with Gasteiger partial charge in [0.25, 0.3) is 0 Å². The second kappa shape index (κ2) is 4.06. The molecule has 0 aromatic carbocycles. The minimum atomic E-state index is 0.357. The minimum absolute atomic E-state index is 0.357. The first kappa shape index (κ1) is 9.75. The lowest BCUT2D eigenvalue weighted by Crippen LogP contribution is -2.19. The summed E-state index contributed by atoms with van der Waals surface area (Å²) in [7, 11) is 0. The SMILES string of the molecule is CC(C)(CCN)Cc1ccsc1. The minimum Gasteiger partial charge on any atom is -0.330 e. The zero-order valence-corrected chi connectivity index (χ0v) is 8.66. The second-order valence-corrected chi connectivity index (χ2v) is 4.79. The maximum Gasteiger partial charge on any atom is -0.00611 e. The van der Waals surface area contributed by atoms with Crippen LogP contribution in [0.4, 0.5) is 0 Å². The molecule has 1 rings (SSSR count). The lowest BCUT2D eigenvalue weighted by atomic mass is 9.83. The van der Waals surface area contributed by atoms with Crippen LogP contribution in [-0.4, -0.2) is 6.54 Å². The Bertz CT molecular complexity index is 214. The van der Waals surface area contributed by atoms with Crippen molar-refractivity contribution in [3.8, 4) is 0 Å². The highest BCUT2D eigenvalue weighted by atomic mass is 32.1. The van der Waals surface area contributed by atoms with Gasteiger partial charge in [0.1, 0.15) is 0 Å². The maximum absolute atomic E-state index is 5.55. The van der Waals surface area contributed by atoms with Crippen molar-refractivity contribution in [3.63, 3.8) is 0 Å². The van der Waals surface area contributed by atoms with E-state index in [2.05, 4.69) is 30.7 Å². The van der Waals surface area contributed by atoms with Gasteiger partial charge >= 0.3 is 0 Å². The number of thiophene rings is 1. The van der Waals surface area contributed by atoms with Crippen molar-refractivity contribution < 1.29 is 0 Å². The number of hydrogen-bond acceptors (Lipinski definition) is 2. The van der Waals surface area contributed by atoms with Crippen LogP contribution in [0, 0.1) is 5.41 Å². The molecule has 0 fully saturated rings. The van der Waals surface area contributed by atoms with Crippen molar-refractivity contribution in [2.45, 2.75) is 26.7 Å². The second-order valence-electron chi connectivity index (χ2n) is 4.01. The van der Waals surface area contributed by atoms with Crippen molar-refractivity contribution in [3.05, 3.63) is 22.4 Å². The molecule has 0 aliphatic rings. The molecule has 0 radical (unpaired) electrons. The van der Waals surface area contributed by atoms with Gasteiger partial charge in [-0.3, -0.25) is 0 Å².